The second kappa shape index (κ2) is 5.43. The van der Waals surface area contributed by atoms with Crippen LogP contribution in [0.1, 0.15) is 10.6 Å². The summed E-state index contributed by atoms with van der Waals surface area (Å²) in [4.78, 5) is 6.01. The molecular formula is C19H16N2S. The van der Waals surface area contributed by atoms with Crippen LogP contribution in [-0.4, -0.2) is 4.98 Å². The molecule has 0 atom stereocenters. The van der Waals surface area contributed by atoms with Crippen LogP contribution in [0.5, 0.6) is 0 Å². The van der Waals surface area contributed by atoms with E-state index in [0.29, 0.717) is 0 Å². The van der Waals surface area contributed by atoms with Crippen LogP contribution in [0.15, 0.2) is 60.7 Å². The fourth-order valence-corrected chi connectivity index (χ4v) is 3.70. The maximum atomic E-state index is 4.67. The lowest BCUT2D eigenvalue weighted by molar-refractivity contribution is 1.19. The molecule has 2 aromatic heterocycles. The van der Waals surface area contributed by atoms with Crippen LogP contribution < -0.4 is 5.32 Å². The number of anilines is 1. The molecule has 2 heterocycles. The van der Waals surface area contributed by atoms with Crippen molar-refractivity contribution in [2.75, 3.05) is 5.32 Å². The Labute approximate surface area is 133 Å². The van der Waals surface area contributed by atoms with E-state index in [1.54, 1.807) is 0 Å². The van der Waals surface area contributed by atoms with Crippen LogP contribution in [0.25, 0.3) is 21.0 Å². The molecule has 22 heavy (non-hydrogen) atoms. The minimum absolute atomic E-state index is 0.827. The fraction of sp³-hybridized carbons (Fsp3) is 0.105. The number of thiophene rings is 1. The zero-order valence-electron chi connectivity index (χ0n) is 12.3. The summed E-state index contributed by atoms with van der Waals surface area (Å²) in [6.07, 6.45) is 0. The lowest BCUT2D eigenvalue weighted by atomic mass is 10.1. The Morgan fingerprint density at radius 1 is 0.955 bits per heavy atom. The lowest BCUT2D eigenvalue weighted by Crippen LogP contribution is -1.99. The van der Waals surface area contributed by atoms with E-state index >= 15 is 0 Å². The van der Waals surface area contributed by atoms with Gasteiger partial charge in [-0.15, -0.1) is 11.3 Å². The van der Waals surface area contributed by atoms with E-state index in [0.717, 1.165) is 23.4 Å². The molecule has 0 saturated carbocycles. The zero-order chi connectivity index (χ0) is 14.9. The molecule has 2 aromatic carbocycles. The van der Waals surface area contributed by atoms with Crippen molar-refractivity contribution < 1.29 is 0 Å². The number of aromatic nitrogens is 1. The monoisotopic (exact) mass is 304 g/mol. The van der Waals surface area contributed by atoms with Crippen molar-refractivity contribution in [3.8, 4) is 0 Å². The highest BCUT2D eigenvalue weighted by Gasteiger charge is 2.05. The van der Waals surface area contributed by atoms with Gasteiger partial charge in [0.15, 0.2) is 0 Å². The second-order valence-corrected chi connectivity index (χ2v) is 6.60. The van der Waals surface area contributed by atoms with Gasteiger partial charge < -0.3 is 5.32 Å². The average molecular weight is 304 g/mol. The maximum absolute atomic E-state index is 4.67. The Morgan fingerprint density at radius 3 is 2.73 bits per heavy atom. The molecule has 0 spiro atoms. The van der Waals surface area contributed by atoms with E-state index in [2.05, 4.69) is 71.0 Å². The Hall–Kier alpha value is -2.39. The Kier molecular flexibility index (Phi) is 3.28. The van der Waals surface area contributed by atoms with E-state index in [4.69, 9.17) is 0 Å². The van der Waals surface area contributed by atoms with Gasteiger partial charge in [-0.05, 0) is 36.6 Å². The van der Waals surface area contributed by atoms with Gasteiger partial charge in [-0.1, -0.05) is 36.4 Å². The molecular weight excluding hydrogens is 288 g/mol. The number of para-hydroxylation sites is 1. The van der Waals surface area contributed by atoms with Crippen LogP contribution in [0.4, 0.5) is 5.69 Å². The first kappa shape index (κ1) is 13.3. The smallest absolute Gasteiger partial charge is 0.0936 e. The SMILES string of the molecule is Cc1ccc2cccc(NCc3cc4ccccc4s3)c2n1. The van der Waals surface area contributed by atoms with Gasteiger partial charge >= 0.3 is 0 Å². The van der Waals surface area contributed by atoms with Crippen molar-refractivity contribution in [2.45, 2.75) is 13.5 Å². The minimum atomic E-state index is 0.827. The average Bonchev–Trinajstić information content (AvgIpc) is 2.95. The van der Waals surface area contributed by atoms with Crippen molar-refractivity contribution >= 4 is 38.0 Å². The molecule has 1 N–H and O–H groups in total. The van der Waals surface area contributed by atoms with Crippen LogP contribution in [0.3, 0.4) is 0 Å². The number of aryl methyl sites for hydroxylation is 1. The molecule has 0 bridgehead atoms. The molecule has 0 amide bonds. The Bertz CT molecular complexity index is 923. The standard InChI is InChI=1S/C19H16N2S/c1-13-9-10-14-6-4-7-17(19(14)21-13)20-12-16-11-15-5-2-3-8-18(15)22-16/h2-11,20H,12H2,1H3. The van der Waals surface area contributed by atoms with Gasteiger partial charge in [-0.25, -0.2) is 0 Å². The summed E-state index contributed by atoms with van der Waals surface area (Å²) in [6.45, 7) is 2.86. The first-order chi connectivity index (χ1) is 10.8. The van der Waals surface area contributed by atoms with E-state index in [-0.39, 0.29) is 0 Å². The summed E-state index contributed by atoms with van der Waals surface area (Å²) in [5.41, 5.74) is 3.19. The summed E-state index contributed by atoms with van der Waals surface area (Å²) in [5, 5.41) is 6.03. The zero-order valence-corrected chi connectivity index (χ0v) is 13.2. The van der Waals surface area contributed by atoms with Gasteiger partial charge in [0.25, 0.3) is 0 Å². The molecule has 0 unspecified atom stereocenters. The van der Waals surface area contributed by atoms with Gasteiger partial charge in [0.2, 0.25) is 0 Å². The van der Waals surface area contributed by atoms with E-state index in [1.807, 2.05) is 18.3 Å². The first-order valence-corrected chi connectivity index (χ1v) is 8.19. The van der Waals surface area contributed by atoms with E-state index < -0.39 is 0 Å². The highest BCUT2D eigenvalue weighted by Crippen LogP contribution is 2.27. The molecule has 0 fully saturated rings. The number of hydrogen-bond acceptors (Lipinski definition) is 3. The largest absolute Gasteiger partial charge is 0.378 e. The van der Waals surface area contributed by atoms with Crippen LogP contribution in [-0.2, 0) is 6.54 Å². The lowest BCUT2D eigenvalue weighted by Gasteiger charge is -2.08. The molecule has 3 heteroatoms. The van der Waals surface area contributed by atoms with Crippen molar-refractivity contribution in [1.29, 1.82) is 0 Å². The van der Waals surface area contributed by atoms with Crippen molar-refractivity contribution in [3.63, 3.8) is 0 Å². The Balaban J connectivity index is 1.64. The van der Waals surface area contributed by atoms with Gasteiger partial charge in [0.05, 0.1) is 11.2 Å². The van der Waals surface area contributed by atoms with Crippen molar-refractivity contribution in [3.05, 3.63) is 71.2 Å². The predicted octanol–water partition coefficient (Wildman–Crippen LogP) is 5.37. The molecule has 0 radical (unpaired) electrons. The molecule has 0 saturated heterocycles. The summed E-state index contributed by atoms with van der Waals surface area (Å²) in [5.74, 6) is 0. The summed E-state index contributed by atoms with van der Waals surface area (Å²) in [6, 6.07) is 21.2. The van der Waals surface area contributed by atoms with E-state index in [9.17, 15) is 0 Å². The van der Waals surface area contributed by atoms with Crippen molar-refractivity contribution in [2.24, 2.45) is 0 Å². The van der Waals surface area contributed by atoms with Gasteiger partial charge in [0, 0.05) is 27.2 Å². The molecule has 2 nitrogen and oxygen atoms in total. The number of hydrogen-bond donors (Lipinski definition) is 1. The third kappa shape index (κ3) is 2.44. The van der Waals surface area contributed by atoms with Crippen LogP contribution in [0, 0.1) is 6.92 Å². The second-order valence-electron chi connectivity index (χ2n) is 5.43. The highest BCUT2D eigenvalue weighted by molar-refractivity contribution is 7.19. The molecule has 4 rings (SSSR count). The summed E-state index contributed by atoms with van der Waals surface area (Å²) >= 11 is 1.84. The molecule has 4 aromatic rings. The van der Waals surface area contributed by atoms with Crippen LogP contribution >= 0.6 is 11.3 Å². The minimum Gasteiger partial charge on any atom is -0.378 e. The van der Waals surface area contributed by atoms with Gasteiger partial charge in [-0.3, -0.25) is 4.98 Å². The molecule has 0 aliphatic heterocycles. The van der Waals surface area contributed by atoms with Gasteiger partial charge in [-0.2, -0.15) is 0 Å². The number of nitrogens with one attached hydrogen (secondary N) is 1. The summed E-state index contributed by atoms with van der Waals surface area (Å²) in [7, 11) is 0. The first-order valence-electron chi connectivity index (χ1n) is 7.37. The molecule has 108 valence electrons. The Morgan fingerprint density at radius 2 is 1.82 bits per heavy atom. The maximum Gasteiger partial charge on any atom is 0.0936 e. The molecule has 0 aliphatic rings. The topological polar surface area (TPSA) is 24.9 Å². The number of fused-ring (bicyclic) bond motifs is 2. The third-order valence-electron chi connectivity index (χ3n) is 3.79. The number of nitrogens with zero attached hydrogens (tertiary/aromatic N) is 1. The highest BCUT2D eigenvalue weighted by atomic mass is 32.1. The molecule has 0 aliphatic carbocycles. The third-order valence-corrected chi connectivity index (χ3v) is 4.91. The summed E-state index contributed by atoms with van der Waals surface area (Å²) < 4.78 is 1.34. The van der Waals surface area contributed by atoms with Crippen molar-refractivity contribution in [1.82, 2.24) is 4.98 Å². The number of benzene rings is 2. The fourth-order valence-electron chi connectivity index (χ4n) is 2.69. The number of pyridine rings is 1. The predicted molar refractivity (Wildman–Crippen MR) is 95.6 cm³/mol. The quantitative estimate of drug-likeness (QED) is 0.550. The van der Waals surface area contributed by atoms with E-state index in [1.165, 1.54) is 20.3 Å². The number of rotatable bonds is 3. The van der Waals surface area contributed by atoms with Crippen LogP contribution in [0.2, 0.25) is 0 Å². The van der Waals surface area contributed by atoms with Gasteiger partial charge in [0.1, 0.15) is 0 Å². The normalized spacial score (nSPS) is 11.1.